The van der Waals surface area contributed by atoms with Gasteiger partial charge in [0.15, 0.2) is 0 Å². The van der Waals surface area contributed by atoms with E-state index in [0.717, 1.165) is 46.3 Å². The van der Waals surface area contributed by atoms with Crippen LogP contribution < -0.4 is 15.1 Å². The number of nitrogens with zero attached hydrogens (tertiary/aromatic N) is 2. The minimum absolute atomic E-state index is 0.700. The van der Waals surface area contributed by atoms with Crippen molar-refractivity contribution in [3.63, 3.8) is 0 Å². The highest BCUT2D eigenvalue weighted by Crippen LogP contribution is 2.34. The largest absolute Gasteiger partial charge is 0.360 e. The third-order valence-corrected chi connectivity index (χ3v) is 6.35. The van der Waals surface area contributed by atoms with E-state index in [1.54, 1.807) is 4.90 Å². The Morgan fingerprint density at radius 2 is 1.67 bits per heavy atom. The first-order valence-electron chi connectivity index (χ1n) is 10.6. The smallest absolute Gasteiger partial charge is 0.0949 e. The highest BCUT2D eigenvalue weighted by atomic mass is 35.5. The van der Waals surface area contributed by atoms with Crippen LogP contribution in [0.15, 0.2) is 66.7 Å². The van der Waals surface area contributed by atoms with Crippen LogP contribution >= 0.6 is 11.6 Å². The maximum Gasteiger partial charge on any atom is 0.0949 e. The molecule has 1 saturated heterocycles. The summed E-state index contributed by atoms with van der Waals surface area (Å²) in [4.78, 5) is 8.98. The van der Waals surface area contributed by atoms with Gasteiger partial charge >= 0.3 is 0 Å². The number of para-hydroxylation sites is 1. The Kier molecular flexibility index (Phi) is 5.19. The number of likely N-dealkylation sites (N-methyl/N-ethyl adjacent to an activating group) is 1. The van der Waals surface area contributed by atoms with Crippen molar-refractivity contribution in [2.24, 2.45) is 0 Å². The van der Waals surface area contributed by atoms with Crippen LogP contribution in [-0.2, 0) is 0 Å². The van der Waals surface area contributed by atoms with Crippen LogP contribution in [0.1, 0.15) is 6.92 Å². The molecule has 0 unspecified atom stereocenters. The minimum Gasteiger partial charge on any atom is -0.360 e. The first-order chi connectivity index (χ1) is 14.7. The van der Waals surface area contributed by atoms with Crippen molar-refractivity contribution >= 4 is 50.5 Å². The second kappa shape index (κ2) is 8.13. The van der Waals surface area contributed by atoms with Gasteiger partial charge in [-0.25, -0.2) is 4.98 Å². The van der Waals surface area contributed by atoms with Crippen LogP contribution in [0.5, 0.6) is 0 Å². The Bertz CT molecular complexity index is 1180. The molecule has 3 aromatic carbocycles. The molecule has 1 aliphatic heterocycles. The van der Waals surface area contributed by atoms with E-state index in [-0.39, 0.29) is 0 Å². The van der Waals surface area contributed by atoms with Gasteiger partial charge in [-0.1, -0.05) is 29.8 Å². The molecule has 5 heteroatoms. The van der Waals surface area contributed by atoms with E-state index in [4.69, 9.17) is 16.6 Å². The van der Waals surface area contributed by atoms with Gasteiger partial charge in [0.25, 0.3) is 0 Å². The van der Waals surface area contributed by atoms with E-state index in [1.165, 1.54) is 25.3 Å². The normalized spacial score (nSPS) is 15.1. The standard InChI is InChI=1S/C25H25ClN4/c1-2-29-13-15-30(16-14-29)20-10-8-19(9-11-20)27-25-21-5-3-4-6-23(21)28-24-17-18(26)7-12-22(24)25/h3-12,17H,2,13-16H2,1H3,(H,27,28)/p+1. The lowest BCUT2D eigenvalue weighted by molar-refractivity contribution is -0.898. The summed E-state index contributed by atoms with van der Waals surface area (Å²) in [5.41, 5.74) is 5.30. The van der Waals surface area contributed by atoms with E-state index in [2.05, 4.69) is 53.5 Å². The lowest BCUT2D eigenvalue weighted by Crippen LogP contribution is -3.14. The number of anilines is 3. The first kappa shape index (κ1) is 19.2. The summed E-state index contributed by atoms with van der Waals surface area (Å²) in [5.74, 6) is 0. The summed E-state index contributed by atoms with van der Waals surface area (Å²) < 4.78 is 0. The van der Waals surface area contributed by atoms with Crippen molar-refractivity contribution in [1.82, 2.24) is 4.98 Å². The van der Waals surface area contributed by atoms with Gasteiger partial charge in [0, 0.05) is 27.2 Å². The fourth-order valence-corrected chi connectivity index (χ4v) is 4.50. The molecular weight excluding hydrogens is 392 g/mol. The van der Waals surface area contributed by atoms with Crippen molar-refractivity contribution in [3.05, 3.63) is 71.8 Å². The lowest BCUT2D eigenvalue weighted by atomic mass is 10.1. The van der Waals surface area contributed by atoms with Gasteiger partial charge in [-0.05, 0) is 55.5 Å². The molecule has 152 valence electrons. The zero-order valence-electron chi connectivity index (χ0n) is 17.2. The van der Waals surface area contributed by atoms with Crippen LogP contribution in [0.3, 0.4) is 0 Å². The molecule has 0 radical (unpaired) electrons. The molecule has 0 amide bonds. The minimum atomic E-state index is 0.700. The van der Waals surface area contributed by atoms with Crippen molar-refractivity contribution < 1.29 is 4.90 Å². The molecule has 0 spiro atoms. The highest BCUT2D eigenvalue weighted by Gasteiger charge is 2.18. The third kappa shape index (κ3) is 3.69. The molecule has 4 nitrogen and oxygen atoms in total. The van der Waals surface area contributed by atoms with Gasteiger partial charge in [-0.15, -0.1) is 0 Å². The molecule has 2 heterocycles. The Morgan fingerprint density at radius 1 is 0.933 bits per heavy atom. The van der Waals surface area contributed by atoms with E-state index < -0.39 is 0 Å². The number of aromatic nitrogens is 1. The maximum atomic E-state index is 6.23. The molecule has 2 N–H and O–H groups in total. The summed E-state index contributed by atoms with van der Waals surface area (Å²) in [6, 6.07) is 22.9. The first-order valence-corrected chi connectivity index (χ1v) is 11.0. The van der Waals surface area contributed by atoms with Crippen LogP contribution in [0.2, 0.25) is 5.02 Å². The average molecular weight is 418 g/mol. The number of quaternary nitrogens is 1. The fraction of sp³-hybridized carbons (Fsp3) is 0.240. The van der Waals surface area contributed by atoms with Crippen molar-refractivity contribution in [1.29, 1.82) is 0 Å². The molecule has 30 heavy (non-hydrogen) atoms. The zero-order chi connectivity index (χ0) is 20.5. The second-order valence-electron chi connectivity index (χ2n) is 7.93. The molecule has 0 aliphatic carbocycles. The molecule has 1 aliphatic rings. The van der Waals surface area contributed by atoms with Crippen LogP contribution in [0, 0.1) is 0 Å². The Morgan fingerprint density at radius 3 is 2.43 bits per heavy atom. The molecule has 1 fully saturated rings. The fourth-order valence-electron chi connectivity index (χ4n) is 4.34. The van der Waals surface area contributed by atoms with Crippen molar-refractivity contribution in [3.8, 4) is 0 Å². The Labute approximate surface area is 182 Å². The number of halogens is 1. The number of fused-ring (bicyclic) bond motifs is 2. The molecule has 0 atom stereocenters. The highest BCUT2D eigenvalue weighted by molar-refractivity contribution is 6.31. The van der Waals surface area contributed by atoms with Crippen LogP contribution in [0.4, 0.5) is 17.1 Å². The number of nitrogens with one attached hydrogen (secondary N) is 2. The van der Waals surface area contributed by atoms with Gasteiger partial charge in [0.1, 0.15) is 0 Å². The van der Waals surface area contributed by atoms with Gasteiger partial charge in [0.2, 0.25) is 0 Å². The average Bonchev–Trinajstić information content (AvgIpc) is 2.79. The van der Waals surface area contributed by atoms with Gasteiger partial charge in [-0.2, -0.15) is 0 Å². The predicted octanol–water partition coefficient (Wildman–Crippen LogP) is 4.51. The second-order valence-corrected chi connectivity index (χ2v) is 8.36. The topological polar surface area (TPSA) is 32.6 Å². The molecule has 1 aromatic heterocycles. The van der Waals surface area contributed by atoms with Gasteiger partial charge < -0.3 is 15.1 Å². The van der Waals surface area contributed by atoms with Crippen molar-refractivity contribution in [2.75, 3.05) is 42.9 Å². The van der Waals surface area contributed by atoms with Gasteiger partial charge in [0.05, 0.1) is 49.4 Å². The summed E-state index contributed by atoms with van der Waals surface area (Å²) in [7, 11) is 0. The third-order valence-electron chi connectivity index (χ3n) is 6.12. The predicted molar refractivity (Wildman–Crippen MR) is 127 cm³/mol. The number of hydrogen-bond donors (Lipinski definition) is 2. The molecule has 0 saturated carbocycles. The number of hydrogen-bond acceptors (Lipinski definition) is 3. The summed E-state index contributed by atoms with van der Waals surface area (Å²) >= 11 is 6.23. The molecule has 5 rings (SSSR count). The molecule has 0 bridgehead atoms. The van der Waals surface area contributed by atoms with E-state index >= 15 is 0 Å². The Hall–Kier alpha value is -2.82. The summed E-state index contributed by atoms with van der Waals surface area (Å²) in [6.07, 6.45) is 0. The Balaban J connectivity index is 1.46. The lowest BCUT2D eigenvalue weighted by Gasteiger charge is -2.33. The van der Waals surface area contributed by atoms with E-state index in [9.17, 15) is 0 Å². The molecule has 4 aromatic rings. The molecular formula is C25H26ClN4+. The number of pyridine rings is 1. The van der Waals surface area contributed by atoms with Crippen molar-refractivity contribution in [2.45, 2.75) is 6.92 Å². The monoisotopic (exact) mass is 417 g/mol. The van der Waals surface area contributed by atoms with Crippen LogP contribution in [-0.4, -0.2) is 37.7 Å². The van der Waals surface area contributed by atoms with E-state index in [1.807, 2.05) is 30.3 Å². The number of piperazine rings is 1. The maximum absolute atomic E-state index is 6.23. The summed E-state index contributed by atoms with van der Waals surface area (Å²) in [5, 5.41) is 6.53. The number of benzene rings is 3. The summed E-state index contributed by atoms with van der Waals surface area (Å²) in [6.45, 7) is 8.16. The number of rotatable bonds is 4. The van der Waals surface area contributed by atoms with Gasteiger partial charge in [-0.3, -0.25) is 0 Å². The SMILES string of the molecule is CC[NH+]1CCN(c2ccc(Nc3c4ccccc4nc4cc(Cl)ccc34)cc2)CC1. The quantitative estimate of drug-likeness (QED) is 0.479. The van der Waals surface area contributed by atoms with E-state index in [0.29, 0.717) is 5.02 Å². The zero-order valence-corrected chi connectivity index (χ0v) is 17.9. The van der Waals surface area contributed by atoms with Crippen LogP contribution in [0.25, 0.3) is 21.8 Å².